The SMILES string of the molecule is COc1ccc(CNC(=O)[C@@H](C)Nc2ccc(C)cc2)cc1. The fourth-order valence-corrected chi connectivity index (χ4v) is 2.05. The van der Waals surface area contributed by atoms with Crippen LogP contribution in [0.3, 0.4) is 0 Å². The molecule has 0 aliphatic heterocycles. The van der Waals surface area contributed by atoms with E-state index in [-0.39, 0.29) is 11.9 Å². The average Bonchev–Trinajstić information content (AvgIpc) is 2.55. The van der Waals surface area contributed by atoms with Gasteiger partial charge in [-0.1, -0.05) is 29.8 Å². The molecule has 2 aromatic carbocycles. The minimum Gasteiger partial charge on any atom is -0.497 e. The molecule has 0 saturated heterocycles. The van der Waals surface area contributed by atoms with Gasteiger partial charge in [0.1, 0.15) is 11.8 Å². The van der Waals surface area contributed by atoms with E-state index in [1.54, 1.807) is 7.11 Å². The number of ether oxygens (including phenoxy) is 1. The molecule has 2 aromatic rings. The normalized spacial score (nSPS) is 11.6. The number of hydrogen-bond acceptors (Lipinski definition) is 3. The number of aryl methyl sites for hydroxylation is 1. The van der Waals surface area contributed by atoms with Crippen LogP contribution in [0.1, 0.15) is 18.1 Å². The molecule has 116 valence electrons. The molecule has 22 heavy (non-hydrogen) atoms. The van der Waals surface area contributed by atoms with Crippen LogP contribution in [0, 0.1) is 6.92 Å². The van der Waals surface area contributed by atoms with Crippen LogP contribution in [-0.4, -0.2) is 19.1 Å². The molecule has 4 nitrogen and oxygen atoms in total. The third-order valence-corrected chi connectivity index (χ3v) is 3.45. The molecule has 0 aliphatic carbocycles. The molecule has 1 amide bonds. The van der Waals surface area contributed by atoms with Gasteiger partial charge in [-0.3, -0.25) is 4.79 Å². The maximum Gasteiger partial charge on any atom is 0.242 e. The summed E-state index contributed by atoms with van der Waals surface area (Å²) >= 11 is 0. The predicted molar refractivity (Wildman–Crippen MR) is 89.1 cm³/mol. The third-order valence-electron chi connectivity index (χ3n) is 3.45. The molecule has 0 saturated carbocycles. The maximum atomic E-state index is 12.1. The van der Waals surface area contributed by atoms with Crippen molar-refractivity contribution in [3.8, 4) is 5.75 Å². The Bertz CT molecular complexity index is 606. The van der Waals surface area contributed by atoms with Crippen LogP contribution in [0.2, 0.25) is 0 Å². The molecule has 0 unspecified atom stereocenters. The molecule has 4 heteroatoms. The fraction of sp³-hybridized carbons (Fsp3) is 0.278. The average molecular weight is 298 g/mol. The van der Waals surface area contributed by atoms with Crippen LogP contribution in [0.25, 0.3) is 0 Å². The Kier molecular flexibility index (Phi) is 5.42. The largest absolute Gasteiger partial charge is 0.497 e. The number of rotatable bonds is 6. The molecule has 0 bridgehead atoms. The smallest absolute Gasteiger partial charge is 0.242 e. The topological polar surface area (TPSA) is 50.4 Å². The van der Waals surface area contributed by atoms with Crippen LogP contribution in [-0.2, 0) is 11.3 Å². The molecular formula is C18H22N2O2. The summed E-state index contributed by atoms with van der Waals surface area (Å²) in [6, 6.07) is 15.3. The zero-order valence-corrected chi connectivity index (χ0v) is 13.2. The van der Waals surface area contributed by atoms with E-state index < -0.39 is 0 Å². The molecule has 0 radical (unpaired) electrons. The Balaban J connectivity index is 1.84. The van der Waals surface area contributed by atoms with Gasteiger partial charge < -0.3 is 15.4 Å². The van der Waals surface area contributed by atoms with E-state index in [0.29, 0.717) is 6.54 Å². The molecule has 2 N–H and O–H groups in total. The molecule has 0 spiro atoms. The molecule has 0 aliphatic rings. The Morgan fingerprint density at radius 2 is 1.73 bits per heavy atom. The van der Waals surface area contributed by atoms with Crippen molar-refractivity contribution in [3.63, 3.8) is 0 Å². The van der Waals surface area contributed by atoms with E-state index in [1.165, 1.54) is 5.56 Å². The number of methoxy groups -OCH3 is 1. The van der Waals surface area contributed by atoms with Crippen molar-refractivity contribution in [1.82, 2.24) is 5.32 Å². The second-order valence-electron chi connectivity index (χ2n) is 5.30. The highest BCUT2D eigenvalue weighted by Gasteiger charge is 2.11. The van der Waals surface area contributed by atoms with Gasteiger partial charge in [-0.15, -0.1) is 0 Å². The summed E-state index contributed by atoms with van der Waals surface area (Å²) in [6.07, 6.45) is 0. The highest BCUT2D eigenvalue weighted by Crippen LogP contribution is 2.12. The number of carbonyl (C=O) groups excluding carboxylic acids is 1. The van der Waals surface area contributed by atoms with E-state index in [2.05, 4.69) is 10.6 Å². The van der Waals surface area contributed by atoms with Gasteiger partial charge in [0.05, 0.1) is 7.11 Å². The van der Waals surface area contributed by atoms with Crippen molar-refractivity contribution in [2.75, 3.05) is 12.4 Å². The first-order valence-electron chi connectivity index (χ1n) is 7.32. The molecule has 0 fully saturated rings. The minimum atomic E-state index is -0.291. The second kappa shape index (κ2) is 7.50. The second-order valence-corrected chi connectivity index (χ2v) is 5.30. The van der Waals surface area contributed by atoms with Crippen LogP contribution < -0.4 is 15.4 Å². The van der Waals surface area contributed by atoms with Crippen molar-refractivity contribution in [1.29, 1.82) is 0 Å². The monoisotopic (exact) mass is 298 g/mol. The summed E-state index contributed by atoms with van der Waals surface area (Å²) in [6.45, 7) is 4.39. The van der Waals surface area contributed by atoms with Gasteiger partial charge in [-0.05, 0) is 43.7 Å². The van der Waals surface area contributed by atoms with Gasteiger partial charge in [-0.2, -0.15) is 0 Å². The fourth-order valence-electron chi connectivity index (χ4n) is 2.05. The highest BCUT2D eigenvalue weighted by molar-refractivity contribution is 5.84. The maximum absolute atomic E-state index is 12.1. The van der Waals surface area contributed by atoms with Crippen LogP contribution in [0.15, 0.2) is 48.5 Å². The van der Waals surface area contributed by atoms with Gasteiger partial charge in [-0.25, -0.2) is 0 Å². The molecular weight excluding hydrogens is 276 g/mol. The molecule has 1 atom stereocenters. The molecule has 2 rings (SSSR count). The van der Waals surface area contributed by atoms with Gasteiger partial charge in [0.25, 0.3) is 0 Å². The first kappa shape index (κ1) is 15.9. The number of carbonyl (C=O) groups is 1. The number of nitrogens with one attached hydrogen (secondary N) is 2. The lowest BCUT2D eigenvalue weighted by atomic mass is 10.2. The zero-order chi connectivity index (χ0) is 15.9. The summed E-state index contributed by atoms with van der Waals surface area (Å²) in [5.41, 5.74) is 3.18. The number of benzene rings is 2. The Labute approximate surface area is 131 Å². The lowest BCUT2D eigenvalue weighted by Gasteiger charge is -2.15. The lowest BCUT2D eigenvalue weighted by Crippen LogP contribution is -2.37. The van der Waals surface area contributed by atoms with E-state index in [0.717, 1.165) is 17.0 Å². The first-order valence-corrected chi connectivity index (χ1v) is 7.32. The van der Waals surface area contributed by atoms with Crippen molar-refractivity contribution >= 4 is 11.6 Å². The Hall–Kier alpha value is -2.49. The Morgan fingerprint density at radius 3 is 2.32 bits per heavy atom. The summed E-state index contributed by atoms with van der Waals surface area (Å²) in [7, 11) is 1.63. The quantitative estimate of drug-likeness (QED) is 0.861. The number of anilines is 1. The van der Waals surface area contributed by atoms with Gasteiger partial charge in [0.2, 0.25) is 5.91 Å². The lowest BCUT2D eigenvalue weighted by molar-refractivity contribution is -0.121. The summed E-state index contributed by atoms with van der Waals surface area (Å²) < 4.78 is 5.11. The van der Waals surface area contributed by atoms with Gasteiger partial charge in [0.15, 0.2) is 0 Å². The Morgan fingerprint density at radius 1 is 1.09 bits per heavy atom. The van der Waals surface area contributed by atoms with Crippen molar-refractivity contribution in [3.05, 3.63) is 59.7 Å². The van der Waals surface area contributed by atoms with Gasteiger partial charge >= 0.3 is 0 Å². The highest BCUT2D eigenvalue weighted by atomic mass is 16.5. The predicted octanol–water partition coefficient (Wildman–Crippen LogP) is 3.12. The van der Waals surface area contributed by atoms with E-state index in [4.69, 9.17) is 4.74 Å². The van der Waals surface area contributed by atoms with Crippen LogP contribution in [0.4, 0.5) is 5.69 Å². The summed E-state index contributed by atoms with van der Waals surface area (Å²) in [4.78, 5) is 12.1. The standard InChI is InChI=1S/C18H22N2O2/c1-13-4-8-16(9-5-13)20-14(2)18(21)19-12-15-6-10-17(22-3)11-7-15/h4-11,14,20H,12H2,1-3H3,(H,19,21)/t14-/m1/s1. The third kappa shape index (κ3) is 4.52. The summed E-state index contributed by atoms with van der Waals surface area (Å²) in [5.74, 6) is 0.779. The van der Waals surface area contributed by atoms with Crippen molar-refractivity contribution < 1.29 is 9.53 Å². The molecule has 0 aromatic heterocycles. The van der Waals surface area contributed by atoms with Crippen LogP contribution in [0.5, 0.6) is 5.75 Å². The van der Waals surface area contributed by atoms with E-state index in [1.807, 2.05) is 62.4 Å². The van der Waals surface area contributed by atoms with Crippen molar-refractivity contribution in [2.45, 2.75) is 26.4 Å². The molecule has 0 heterocycles. The first-order chi connectivity index (χ1) is 10.6. The van der Waals surface area contributed by atoms with Crippen LogP contribution >= 0.6 is 0 Å². The number of amides is 1. The van der Waals surface area contributed by atoms with Gasteiger partial charge in [0, 0.05) is 12.2 Å². The minimum absolute atomic E-state index is 0.0311. The number of hydrogen-bond donors (Lipinski definition) is 2. The van der Waals surface area contributed by atoms with Crippen molar-refractivity contribution in [2.24, 2.45) is 0 Å². The van der Waals surface area contributed by atoms with E-state index in [9.17, 15) is 4.79 Å². The summed E-state index contributed by atoms with van der Waals surface area (Å²) in [5, 5.41) is 6.12. The zero-order valence-electron chi connectivity index (χ0n) is 13.2. The van der Waals surface area contributed by atoms with E-state index >= 15 is 0 Å².